The van der Waals surface area contributed by atoms with Crippen LogP contribution in [0.4, 0.5) is 5.69 Å². The van der Waals surface area contributed by atoms with Crippen molar-refractivity contribution in [1.29, 1.82) is 0 Å². The van der Waals surface area contributed by atoms with Crippen LogP contribution in [-0.4, -0.2) is 23.3 Å². The Labute approximate surface area is 146 Å². The van der Waals surface area contributed by atoms with E-state index in [1.165, 1.54) is 11.2 Å². The van der Waals surface area contributed by atoms with E-state index in [4.69, 9.17) is 4.42 Å². The molecule has 0 saturated heterocycles. The zero-order chi connectivity index (χ0) is 18.4. The number of amides is 1. The standard InChI is InChI=1S/C20H21NO4/c1-12(2)10-21-16-8-6-5-7-15(16)20(24,19(21)23)9-17(22)18-13(3)11-25-14(18)4/h5-8,11,24H,1,9-10H2,2-4H3. The fraction of sp³-hybridized carbons (Fsp3) is 0.300. The summed E-state index contributed by atoms with van der Waals surface area (Å²) in [5, 5.41) is 11.2. The predicted molar refractivity (Wildman–Crippen MR) is 94.6 cm³/mol. The second-order valence-electron chi connectivity index (χ2n) is 6.68. The summed E-state index contributed by atoms with van der Waals surface area (Å²) in [7, 11) is 0. The van der Waals surface area contributed by atoms with Gasteiger partial charge in [0, 0.05) is 12.1 Å². The number of aliphatic hydroxyl groups is 1. The molecule has 1 atom stereocenters. The lowest BCUT2D eigenvalue weighted by Gasteiger charge is -2.23. The van der Waals surface area contributed by atoms with E-state index in [0.29, 0.717) is 34.7 Å². The second kappa shape index (κ2) is 6.01. The van der Waals surface area contributed by atoms with Crippen LogP contribution >= 0.6 is 0 Å². The Morgan fingerprint density at radius 1 is 1.32 bits per heavy atom. The quantitative estimate of drug-likeness (QED) is 0.670. The van der Waals surface area contributed by atoms with Gasteiger partial charge in [0.1, 0.15) is 5.76 Å². The Morgan fingerprint density at radius 3 is 2.60 bits per heavy atom. The number of fused-ring (bicyclic) bond motifs is 1. The van der Waals surface area contributed by atoms with E-state index in [2.05, 4.69) is 6.58 Å². The molecule has 1 aromatic carbocycles. The summed E-state index contributed by atoms with van der Waals surface area (Å²) < 4.78 is 5.27. The molecule has 1 aliphatic heterocycles. The highest BCUT2D eigenvalue weighted by Crippen LogP contribution is 2.43. The number of nitrogens with zero attached hydrogens (tertiary/aromatic N) is 1. The normalized spacial score (nSPS) is 19.2. The highest BCUT2D eigenvalue weighted by molar-refractivity contribution is 6.11. The van der Waals surface area contributed by atoms with Crippen LogP contribution in [0.3, 0.4) is 0 Å². The number of ketones is 1. The minimum Gasteiger partial charge on any atom is -0.469 e. The summed E-state index contributed by atoms with van der Waals surface area (Å²) >= 11 is 0. The maximum atomic E-state index is 13.0. The monoisotopic (exact) mass is 339 g/mol. The van der Waals surface area contributed by atoms with Crippen LogP contribution in [0.2, 0.25) is 0 Å². The van der Waals surface area contributed by atoms with Crippen LogP contribution in [0, 0.1) is 13.8 Å². The van der Waals surface area contributed by atoms with Gasteiger partial charge in [-0.2, -0.15) is 0 Å². The van der Waals surface area contributed by atoms with Crippen molar-refractivity contribution < 1.29 is 19.1 Å². The SMILES string of the molecule is C=C(C)CN1C(=O)C(O)(CC(=O)c2c(C)coc2C)c2ccccc21. The maximum absolute atomic E-state index is 13.0. The molecule has 0 fully saturated rings. The first-order chi connectivity index (χ1) is 11.8. The van der Waals surface area contributed by atoms with Gasteiger partial charge in [-0.15, -0.1) is 0 Å². The molecular formula is C20H21NO4. The summed E-state index contributed by atoms with van der Waals surface area (Å²) in [4.78, 5) is 27.2. The number of rotatable bonds is 5. The Balaban J connectivity index is 2.01. The first kappa shape index (κ1) is 17.2. The molecule has 25 heavy (non-hydrogen) atoms. The molecule has 1 N–H and O–H groups in total. The third-order valence-corrected chi connectivity index (χ3v) is 4.52. The molecule has 5 nitrogen and oxygen atoms in total. The molecule has 2 aromatic rings. The lowest BCUT2D eigenvalue weighted by atomic mass is 9.87. The minimum atomic E-state index is -1.88. The molecule has 0 radical (unpaired) electrons. The average molecular weight is 339 g/mol. The number of aryl methyl sites for hydroxylation is 2. The van der Waals surface area contributed by atoms with Gasteiger partial charge in [-0.05, 0) is 32.4 Å². The van der Waals surface area contributed by atoms with Crippen molar-refractivity contribution in [1.82, 2.24) is 0 Å². The van der Waals surface area contributed by atoms with Gasteiger partial charge in [0.2, 0.25) is 0 Å². The Bertz CT molecular complexity index is 860. The number of carbonyl (C=O) groups is 2. The number of furan rings is 1. The number of hydrogen-bond donors (Lipinski definition) is 1. The maximum Gasteiger partial charge on any atom is 0.264 e. The predicted octanol–water partition coefficient (Wildman–Crippen LogP) is 3.28. The van der Waals surface area contributed by atoms with E-state index in [1.54, 1.807) is 38.1 Å². The number of hydrogen-bond acceptors (Lipinski definition) is 4. The molecule has 1 unspecified atom stereocenters. The number of benzene rings is 1. The van der Waals surface area contributed by atoms with Crippen LogP contribution in [-0.2, 0) is 10.4 Å². The molecule has 0 spiro atoms. The van der Waals surface area contributed by atoms with Crippen molar-refractivity contribution in [2.45, 2.75) is 32.8 Å². The summed E-state index contributed by atoms with van der Waals surface area (Å²) in [6.07, 6.45) is 1.18. The highest BCUT2D eigenvalue weighted by atomic mass is 16.3. The molecule has 5 heteroatoms. The Morgan fingerprint density at radius 2 is 2.00 bits per heavy atom. The minimum absolute atomic E-state index is 0.302. The van der Waals surface area contributed by atoms with Gasteiger partial charge >= 0.3 is 0 Å². The molecule has 0 aliphatic carbocycles. The molecule has 1 aromatic heterocycles. The summed E-state index contributed by atoms with van der Waals surface area (Å²) in [5.41, 5.74) is 1.11. The number of para-hydroxylation sites is 1. The largest absolute Gasteiger partial charge is 0.469 e. The van der Waals surface area contributed by atoms with Crippen LogP contribution in [0.1, 0.15) is 40.6 Å². The number of Topliss-reactive ketones (excluding diaryl/α,β-unsaturated/α-hetero) is 1. The zero-order valence-electron chi connectivity index (χ0n) is 14.6. The van der Waals surface area contributed by atoms with Gasteiger partial charge in [-0.25, -0.2) is 0 Å². The first-order valence-electron chi connectivity index (χ1n) is 8.12. The molecule has 130 valence electrons. The van der Waals surface area contributed by atoms with E-state index in [0.717, 1.165) is 5.57 Å². The molecule has 2 heterocycles. The topological polar surface area (TPSA) is 70.8 Å². The second-order valence-corrected chi connectivity index (χ2v) is 6.68. The molecule has 1 amide bonds. The fourth-order valence-corrected chi connectivity index (χ4v) is 3.41. The first-order valence-corrected chi connectivity index (χ1v) is 8.12. The summed E-state index contributed by atoms with van der Waals surface area (Å²) in [6, 6.07) is 7.01. The third-order valence-electron chi connectivity index (χ3n) is 4.52. The van der Waals surface area contributed by atoms with Crippen molar-refractivity contribution in [3.05, 3.63) is 65.1 Å². The Kier molecular flexibility index (Phi) is 4.13. The Hall–Kier alpha value is -2.66. The van der Waals surface area contributed by atoms with E-state index >= 15 is 0 Å². The zero-order valence-corrected chi connectivity index (χ0v) is 14.6. The summed E-state index contributed by atoms with van der Waals surface area (Å²) in [6.45, 7) is 9.43. The van der Waals surface area contributed by atoms with Gasteiger partial charge in [-0.3, -0.25) is 9.59 Å². The smallest absolute Gasteiger partial charge is 0.264 e. The molecular weight excluding hydrogens is 318 g/mol. The van der Waals surface area contributed by atoms with Crippen molar-refractivity contribution in [2.75, 3.05) is 11.4 Å². The van der Waals surface area contributed by atoms with E-state index in [9.17, 15) is 14.7 Å². The van der Waals surface area contributed by atoms with E-state index < -0.39 is 11.5 Å². The van der Waals surface area contributed by atoms with Crippen molar-refractivity contribution >= 4 is 17.4 Å². The van der Waals surface area contributed by atoms with Crippen LogP contribution < -0.4 is 4.90 Å². The van der Waals surface area contributed by atoms with E-state index in [-0.39, 0.29) is 12.2 Å². The van der Waals surface area contributed by atoms with Gasteiger partial charge in [0.05, 0.1) is 23.9 Å². The average Bonchev–Trinajstić information content (AvgIpc) is 2.98. The van der Waals surface area contributed by atoms with Gasteiger partial charge in [-0.1, -0.05) is 30.4 Å². The van der Waals surface area contributed by atoms with Crippen LogP contribution in [0.15, 0.2) is 47.1 Å². The van der Waals surface area contributed by atoms with E-state index in [1.807, 2.05) is 6.92 Å². The fourth-order valence-electron chi connectivity index (χ4n) is 3.41. The van der Waals surface area contributed by atoms with Crippen LogP contribution in [0.25, 0.3) is 0 Å². The highest BCUT2D eigenvalue weighted by Gasteiger charge is 2.51. The molecule has 0 saturated carbocycles. The molecule has 1 aliphatic rings. The van der Waals surface area contributed by atoms with Gasteiger partial charge in [0.25, 0.3) is 5.91 Å². The van der Waals surface area contributed by atoms with Crippen molar-refractivity contribution in [3.63, 3.8) is 0 Å². The number of carbonyl (C=O) groups excluding carboxylic acids is 2. The van der Waals surface area contributed by atoms with Crippen LogP contribution in [0.5, 0.6) is 0 Å². The lowest BCUT2D eigenvalue weighted by molar-refractivity contribution is -0.135. The van der Waals surface area contributed by atoms with Gasteiger partial charge in [0.15, 0.2) is 11.4 Å². The van der Waals surface area contributed by atoms with Crippen molar-refractivity contribution in [3.8, 4) is 0 Å². The third kappa shape index (κ3) is 2.70. The number of anilines is 1. The molecule has 0 bridgehead atoms. The van der Waals surface area contributed by atoms with Gasteiger partial charge < -0.3 is 14.4 Å². The summed E-state index contributed by atoms with van der Waals surface area (Å²) in [5.74, 6) is -0.320. The van der Waals surface area contributed by atoms with Crippen molar-refractivity contribution in [2.24, 2.45) is 0 Å². The molecule has 3 rings (SSSR count). The lowest BCUT2D eigenvalue weighted by Crippen LogP contribution is -2.42.